The van der Waals surface area contributed by atoms with E-state index in [4.69, 9.17) is 4.74 Å². The van der Waals surface area contributed by atoms with Gasteiger partial charge in [-0.3, -0.25) is 4.68 Å². The maximum atomic E-state index is 9.98. The van der Waals surface area contributed by atoms with Crippen molar-refractivity contribution < 1.29 is 9.84 Å². The summed E-state index contributed by atoms with van der Waals surface area (Å²) in [5.74, 6) is 0.809. The molecule has 1 heterocycles. The van der Waals surface area contributed by atoms with Gasteiger partial charge in [0, 0.05) is 0 Å². The lowest BCUT2D eigenvalue weighted by atomic mass is 10.1. The van der Waals surface area contributed by atoms with E-state index in [0.29, 0.717) is 13.2 Å². The van der Waals surface area contributed by atoms with Crippen molar-refractivity contribution in [1.82, 2.24) is 14.8 Å². The predicted octanol–water partition coefficient (Wildman–Crippen LogP) is 1.41. The van der Waals surface area contributed by atoms with Crippen LogP contribution in [-0.4, -0.2) is 26.5 Å². The Morgan fingerprint density at radius 3 is 2.71 bits per heavy atom. The van der Waals surface area contributed by atoms with E-state index in [1.807, 2.05) is 31.2 Å². The van der Waals surface area contributed by atoms with E-state index in [-0.39, 0.29) is 0 Å². The number of aliphatic hydroxyl groups is 1. The summed E-state index contributed by atoms with van der Waals surface area (Å²) in [4.78, 5) is 3.83. The molecule has 0 spiro atoms. The standard InChI is InChI=1S/C12H15N3O2/c1-2-17-11-5-3-10(4-6-11)12(16)7-15-9-13-8-14-15/h3-6,8-9,12,16H,2,7H2,1H3. The Hall–Kier alpha value is -1.88. The van der Waals surface area contributed by atoms with Crippen LogP contribution in [0.4, 0.5) is 0 Å². The summed E-state index contributed by atoms with van der Waals surface area (Å²) in [6, 6.07) is 7.41. The van der Waals surface area contributed by atoms with E-state index in [2.05, 4.69) is 10.1 Å². The fourth-order valence-electron chi connectivity index (χ4n) is 1.56. The Labute approximate surface area is 99.7 Å². The van der Waals surface area contributed by atoms with Gasteiger partial charge in [0.05, 0.1) is 19.3 Å². The smallest absolute Gasteiger partial charge is 0.137 e. The Morgan fingerprint density at radius 2 is 2.12 bits per heavy atom. The summed E-state index contributed by atoms with van der Waals surface area (Å²) in [6.07, 6.45) is 2.44. The second kappa shape index (κ2) is 5.45. The molecule has 0 saturated carbocycles. The molecule has 0 aliphatic heterocycles. The molecule has 0 amide bonds. The Balaban J connectivity index is 2.01. The van der Waals surface area contributed by atoms with Gasteiger partial charge in [-0.15, -0.1) is 0 Å². The van der Waals surface area contributed by atoms with Gasteiger partial charge < -0.3 is 9.84 Å². The van der Waals surface area contributed by atoms with Gasteiger partial charge >= 0.3 is 0 Å². The zero-order valence-corrected chi connectivity index (χ0v) is 9.65. The van der Waals surface area contributed by atoms with Gasteiger partial charge in [0.25, 0.3) is 0 Å². The SMILES string of the molecule is CCOc1ccc(C(O)Cn2cncn2)cc1. The predicted molar refractivity (Wildman–Crippen MR) is 62.6 cm³/mol. The Bertz CT molecular complexity index is 439. The third-order valence-corrected chi connectivity index (χ3v) is 2.40. The van der Waals surface area contributed by atoms with Crippen LogP contribution < -0.4 is 4.74 Å². The quantitative estimate of drug-likeness (QED) is 0.848. The van der Waals surface area contributed by atoms with Crippen LogP contribution in [0.1, 0.15) is 18.6 Å². The normalized spacial score (nSPS) is 12.4. The van der Waals surface area contributed by atoms with Crippen LogP contribution in [0.25, 0.3) is 0 Å². The van der Waals surface area contributed by atoms with Crippen molar-refractivity contribution in [3.63, 3.8) is 0 Å². The van der Waals surface area contributed by atoms with Crippen molar-refractivity contribution in [3.8, 4) is 5.75 Å². The molecule has 1 unspecified atom stereocenters. The van der Waals surface area contributed by atoms with Gasteiger partial charge in [0.15, 0.2) is 0 Å². The van der Waals surface area contributed by atoms with Crippen molar-refractivity contribution in [1.29, 1.82) is 0 Å². The molecule has 5 nitrogen and oxygen atoms in total. The van der Waals surface area contributed by atoms with E-state index < -0.39 is 6.10 Å². The molecule has 2 rings (SSSR count). The lowest BCUT2D eigenvalue weighted by Crippen LogP contribution is -2.09. The maximum Gasteiger partial charge on any atom is 0.137 e. The van der Waals surface area contributed by atoms with Crippen molar-refractivity contribution in [2.24, 2.45) is 0 Å². The number of hydrogen-bond acceptors (Lipinski definition) is 4. The fourth-order valence-corrected chi connectivity index (χ4v) is 1.56. The number of ether oxygens (including phenoxy) is 1. The van der Waals surface area contributed by atoms with Gasteiger partial charge in [0.1, 0.15) is 18.4 Å². The topological polar surface area (TPSA) is 60.2 Å². The first-order chi connectivity index (χ1) is 8.29. The van der Waals surface area contributed by atoms with Crippen LogP contribution in [0, 0.1) is 0 Å². The number of aromatic nitrogens is 3. The monoisotopic (exact) mass is 233 g/mol. The number of nitrogens with zero attached hydrogens (tertiary/aromatic N) is 3. The molecule has 0 aliphatic carbocycles. The van der Waals surface area contributed by atoms with Gasteiger partial charge in [-0.2, -0.15) is 5.10 Å². The summed E-state index contributed by atoms with van der Waals surface area (Å²) in [7, 11) is 0. The first kappa shape index (κ1) is 11.6. The summed E-state index contributed by atoms with van der Waals surface area (Å²) in [6.45, 7) is 2.97. The highest BCUT2D eigenvalue weighted by Crippen LogP contribution is 2.18. The minimum absolute atomic E-state index is 0.397. The number of benzene rings is 1. The second-order valence-corrected chi connectivity index (χ2v) is 3.64. The minimum atomic E-state index is -0.590. The second-order valence-electron chi connectivity index (χ2n) is 3.64. The van der Waals surface area contributed by atoms with Crippen LogP contribution >= 0.6 is 0 Å². The van der Waals surface area contributed by atoms with Gasteiger partial charge in [-0.1, -0.05) is 12.1 Å². The Kier molecular flexibility index (Phi) is 3.72. The Morgan fingerprint density at radius 1 is 1.35 bits per heavy atom. The van der Waals surface area contributed by atoms with Crippen LogP contribution in [-0.2, 0) is 6.54 Å². The molecule has 1 aromatic carbocycles. The van der Waals surface area contributed by atoms with Crippen molar-refractivity contribution in [2.45, 2.75) is 19.6 Å². The van der Waals surface area contributed by atoms with E-state index in [9.17, 15) is 5.11 Å². The highest BCUT2D eigenvalue weighted by atomic mass is 16.5. The highest BCUT2D eigenvalue weighted by molar-refractivity contribution is 5.28. The summed E-state index contributed by atoms with van der Waals surface area (Å²) >= 11 is 0. The number of rotatable bonds is 5. The van der Waals surface area contributed by atoms with E-state index in [1.54, 1.807) is 11.0 Å². The lowest BCUT2D eigenvalue weighted by molar-refractivity contribution is 0.151. The molecule has 0 saturated heterocycles. The van der Waals surface area contributed by atoms with E-state index >= 15 is 0 Å². The molecule has 90 valence electrons. The maximum absolute atomic E-state index is 9.98. The van der Waals surface area contributed by atoms with Crippen molar-refractivity contribution in [2.75, 3.05) is 6.61 Å². The summed E-state index contributed by atoms with van der Waals surface area (Å²) in [5.41, 5.74) is 0.837. The molecule has 1 atom stereocenters. The van der Waals surface area contributed by atoms with Crippen LogP contribution in [0.2, 0.25) is 0 Å². The molecule has 1 aromatic heterocycles. The van der Waals surface area contributed by atoms with Crippen LogP contribution in [0.3, 0.4) is 0 Å². The zero-order chi connectivity index (χ0) is 12.1. The van der Waals surface area contributed by atoms with Gasteiger partial charge in [-0.05, 0) is 24.6 Å². The zero-order valence-electron chi connectivity index (χ0n) is 9.65. The molecule has 5 heteroatoms. The largest absolute Gasteiger partial charge is 0.494 e. The highest BCUT2D eigenvalue weighted by Gasteiger charge is 2.08. The van der Waals surface area contributed by atoms with Gasteiger partial charge in [-0.25, -0.2) is 4.98 Å². The minimum Gasteiger partial charge on any atom is -0.494 e. The summed E-state index contributed by atoms with van der Waals surface area (Å²) < 4.78 is 6.94. The van der Waals surface area contributed by atoms with E-state index in [1.165, 1.54) is 6.33 Å². The number of aliphatic hydroxyl groups excluding tert-OH is 1. The van der Waals surface area contributed by atoms with Crippen LogP contribution in [0.15, 0.2) is 36.9 Å². The molecule has 17 heavy (non-hydrogen) atoms. The van der Waals surface area contributed by atoms with Gasteiger partial charge in [0.2, 0.25) is 0 Å². The van der Waals surface area contributed by atoms with Crippen LogP contribution in [0.5, 0.6) is 5.75 Å². The van der Waals surface area contributed by atoms with Crippen molar-refractivity contribution >= 4 is 0 Å². The first-order valence-corrected chi connectivity index (χ1v) is 5.53. The molecule has 1 N–H and O–H groups in total. The molecular formula is C12H15N3O2. The molecule has 2 aromatic rings. The molecule has 0 radical (unpaired) electrons. The first-order valence-electron chi connectivity index (χ1n) is 5.53. The van der Waals surface area contributed by atoms with E-state index in [0.717, 1.165) is 11.3 Å². The number of hydrogen-bond donors (Lipinski definition) is 1. The molecule has 0 aliphatic rings. The third kappa shape index (κ3) is 3.04. The third-order valence-electron chi connectivity index (χ3n) is 2.40. The average molecular weight is 233 g/mol. The average Bonchev–Trinajstić information content (AvgIpc) is 2.83. The summed E-state index contributed by atoms with van der Waals surface area (Å²) in [5, 5.41) is 13.9. The molecule has 0 bridgehead atoms. The van der Waals surface area contributed by atoms with Crippen molar-refractivity contribution in [3.05, 3.63) is 42.5 Å². The lowest BCUT2D eigenvalue weighted by Gasteiger charge is -2.11. The molecular weight excluding hydrogens is 218 g/mol. The fraction of sp³-hybridized carbons (Fsp3) is 0.333. The molecule has 0 fully saturated rings.